The maximum absolute atomic E-state index is 16.0. The number of halogens is 4. The summed E-state index contributed by atoms with van der Waals surface area (Å²) in [5.74, 6) is 0.337. The minimum absolute atomic E-state index is 0.0562. The molecule has 0 unspecified atom stereocenters. The average Bonchev–Trinajstić information content (AvgIpc) is 3.93. The Labute approximate surface area is 281 Å². The third kappa shape index (κ3) is 5.62. The molecule has 6 atom stereocenters. The Morgan fingerprint density at radius 3 is 1.63 bits per heavy atom. The summed E-state index contributed by atoms with van der Waals surface area (Å²) in [5.41, 5.74) is 5.85. The highest BCUT2D eigenvalue weighted by Gasteiger charge is 2.38. The predicted octanol–water partition coefficient (Wildman–Crippen LogP) is 7.54. The van der Waals surface area contributed by atoms with E-state index in [0.29, 0.717) is 56.4 Å². The standard InChI is InChI=1S/C37H40F4N8/c38-22-14-31(42-18-22)36-44-27-6-4-20(12-29(27)46-36)33-8-9-34(21-5-7-28-30(13-21)47-37(45-28)32-15-23(39)19-43-32)49(33)24-16-25(40)35(26(41)17-24)48-10-2-1-3-11-48/h4-7,12-13,16-17,22-23,31-34,42-43H,1-3,8-11,14-15,18-19H2,(H,44,46)(H,45,47)/t22-,23-,31+,32+,33-,34-/m1/s1. The van der Waals surface area contributed by atoms with Crippen LogP contribution < -0.4 is 20.4 Å². The van der Waals surface area contributed by atoms with Crippen molar-refractivity contribution in [1.29, 1.82) is 0 Å². The molecular weight excluding hydrogens is 632 g/mol. The van der Waals surface area contributed by atoms with Crippen molar-refractivity contribution >= 4 is 33.4 Å². The van der Waals surface area contributed by atoms with Crippen LogP contribution in [0, 0.1) is 11.6 Å². The first-order valence-electron chi connectivity index (χ1n) is 17.6. The Kier molecular flexibility index (Phi) is 7.76. The Bertz CT molecular complexity index is 1870. The lowest BCUT2D eigenvalue weighted by molar-refractivity contribution is 0.354. The fraction of sp³-hybridized carbons (Fsp3) is 0.459. The SMILES string of the molecule is Fc1cc(N2[C@@H](c3ccc4nc([C@@H]5C[C@@H](F)CN5)[nH]c4c3)CC[C@@H]2c2ccc3nc([C@@H]4C[C@@H](F)CN4)[nH]c3c2)cc(F)c1N1CCCCC1. The molecule has 4 aliphatic rings. The fourth-order valence-corrected chi connectivity index (χ4v) is 8.59. The molecule has 49 heavy (non-hydrogen) atoms. The molecule has 4 saturated heterocycles. The number of aromatic nitrogens is 4. The average molecular weight is 673 g/mol. The van der Waals surface area contributed by atoms with Gasteiger partial charge in [-0.15, -0.1) is 0 Å². The second kappa shape index (κ2) is 12.3. The Morgan fingerprint density at radius 2 is 1.16 bits per heavy atom. The molecule has 0 spiro atoms. The van der Waals surface area contributed by atoms with Crippen LogP contribution in [0.3, 0.4) is 0 Å². The number of H-pyrrole nitrogens is 2. The van der Waals surface area contributed by atoms with Crippen molar-refractivity contribution in [3.8, 4) is 0 Å². The summed E-state index contributed by atoms with van der Waals surface area (Å²) >= 11 is 0. The molecule has 4 N–H and O–H groups in total. The molecular formula is C37H40F4N8. The van der Waals surface area contributed by atoms with E-state index in [1.807, 2.05) is 29.2 Å². The van der Waals surface area contributed by atoms with E-state index in [-0.39, 0.29) is 29.9 Å². The Balaban J connectivity index is 1.09. The molecule has 4 fully saturated rings. The van der Waals surface area contributed by atoms with Gasteiger partial charge in [-0.2, -0.15) is 0 Å². The van der Waals surface area contributed by atoms with E-state index in [1.165, 1.54) is 12.1 Å². The third-order valence-electron chi connectivity index (χ3n) is 11.0. The Morgan fingerprint density at radius 1 is 0.653 bits per heavy atom. The summed E-state index contributed by atoms with van der Waals surface area (Å²) in [6.07, 6.45) is 3.40. The lowest BCUT2D eigenvalue weighted by Gasteiger charge is -2.35. The van der Waals surface area contributed by atoms with Crippen LogP contribution in [0.4, 0.5) is 28.9 Å². The van der Waals surface area contributed by atoms with E-state index < -0.39 is 24.0 Å². The summed E-state index contributed by atoms with van der Waals surface area (Å²) in [5, 5.41) is 6.40. The molecule has 0 saturated carbocycles. The molecule has 2 aromatic heterocycles. The van der Waals surface area contributed by atoms with E-state index in [2.05, 4.69) is 37.6 Å². The summed E-state index contributed by atoms with van der Waals surface area (Å²) in [7, 11) is 0. The second-order valence-electron chi connectivity index (χ2n) is 14.2. The molecule has 12 heteroatoms. The van der Waals surface area contributed by atoms with Gasteiger partial charge < -0.3 is 30.4 Å². The molecule has 0 aliphatic carbocycles. The largest absolute Gasteiger partial charge is 0.367 e. The zero-order chi connectivity index (χ0) is 33.2. The van der Waals surface area contributed by atoms with Gasteiger partial charge in [-0.25, -0.2) is 27.5 Å². The minimum Gasteiger partial charge on any atom is -0.367 e. The van der Waals surface area contributed by atoms with Gasteiger partial charge in [-0.05, 0) is 79.6 Å². The van der Waals surface area contributed by atoms with Crippen molar-refractivity contribution in [3.05, 3.63) is 82.9 Å². The van der Waals surface area contributed by atoms with Gasteiger partial charge in [0.15, 0.2) is 11.6 Å². The molecule has 3 aromatic carbocycles. The first kappa shape index (κ1) is 30.9. The molecule has 0 radical (unpaired) electrons. The number of imidazole rings is 2. The van der Waals surface area contributed by atoms with Gasteiger partial charge in [-0.1, -0.05) is 12.1 Å². The predicted molar refractivity (Wildman–Crippen MR) is 182 cm³/mol. The summed E-state index contributed by atoms with van der Waals surface area (Å²) in [6, 6.07) is 14.5. The summed E-state index contributed by atoms with van der Waals surface area (Å²) in [4.78, 5) is 20.3. The second-order valence-corrected chi connectivity index (χ2v) is 14.2. The molecule has 8 nitrogen and oxygen atoms in total. The van der Waals surface area contributed by atoms with Gasteiger partial charge in [0, 0.05) is 44.7 Å². The van der Waals surface area contributed by atoms with Crippen LogP contribution in [-0.4, -0.2) is 58.5 Å². The minimum atomic E-state index is -0.894. The molecule has 0 amide bonds. The highest BCUT2D eigenvalue weighted by Crippen LogP contribution is 2.49. The van der Waals surface area contributed by atoms with Crippen LogP contribution in [0.1, 0.15) is 91.9 Å². The summed E-state index contributed by atoms with van der Waals surface area (Å²) < 4.78 is 59.8. The van der Waals surface area contributed by atoms with Crippen molar-refractivity contribution < 1.29 is 17.6 Å². The van der Waals surface area contributed by atoms with Crippen molar-refractivity contribution in [2.24, 2.45) is 0 Å². The number of alkyl halides is 2. The number of piperidine rings is 1. The van der Waals surface area contributed by atoms with E-state index in [0.717, 1.165) is 65.3 Å². The number of aromatic amines is 2. The molecule has 256 valence electrons. The zero-order valence-corrected chi connectivity index (χ0v) is 27.2. The van der Waals surface area contributed by atoms with E-state index in [9.17, 15) is 8.78 Å². The van der Waals surface area contributed by atoms with Crippen LogP contribution in [0.25, 0.3) is 22.1 Å². The topological polar surface area (TPSA) is 87.9 Å². The van der Waals surface area contributed by atoms with Crippen LogP contribution in [0.15, 0.2) is 48.5 Å². The van der Waals surface area contributed by atoms with E-state index >= 15 is 8.78 Å². The van der Waals surface area contributed by atoms with Gasteiger partial charge in [0.05, 0.1) is 46.2 Å². The number of benzene rings is 3. The number of nitrogens with zero attached hydrogens (tertiary/aromatic N) is 4. The van der Waals surface area contributed by atoms with Gasteiger partial charge in [0.25, 0.3) is 0 Å². The van der Waals surface area contributed by atoms with Crippen molar-refractivity contribution in [2.45, 2.75) is 81.5 Å². The first-order chi connectivity index (χ1) is 23.9. The quantitative estimate of drug-likeness (QED) is 0.140. The lowest BCUT2D eigenvalue weighted by atomic mass is 10.0. The number of hydrogen-bond acceptors (Lipinski definition) is 6. The summed E-state index contributed by atoms with van der Waals surface area (Å²) in [6.45, 7) is 1.92. The van der Waals surface area contributed by atoms with Gasteiger partial charge in [-0.3, -0.25) is 0 Å². The molecule has 9 rings (SSSR count). The van der Waals surface area contributed by atoms with Crippen LogP contribution in [-0.2, 0) is 0 Å². The highest BCUT2D eigenvalue weighted by molar-refractivity contribution is 5.78. The van der Waals surface area contributed by atoms with Crippen molar-refractivity contribution in [2.75, 3.05) is 36.0 Å². The van der Waals surface area contributed by atoms with Gasteiger partial charge >= 0.3 is 0 Å². The zero-order valence-electron chi connectivity index (χ0n) is 27.2. The van der Waals surface area contributed by atoms with Crippen molar-refractivity contribution in [1.82, 2.24) is 30.6 Å². The lowest BCUT2D eigenvalue weighted by Crippen LogP contribution is -2.31. The smallest absolute Gasteiger partial charge is 0.151 e. The van der Waals surface area contributed by atoms with Crippen LogP contribution in [0.5, 0.6) is 0 Å². The third-order valence-corrected chi connectivity index (χ3v) is 11.0. The van der Waals surface area contributed by atoms with Crippen LogP contribution in [0.2, 0.25) is 0 Å². The normalized spacial score (nSPS) is 27.7. The van der Waals surface area contributed by atoms with Gasteiger partial charge in [0.2, 0.25) is 0 Å². The Hall–Kier alpha value is -4.16. The first-order valence-corrected chi connectivity index (χ1v) is 17.6. The van der Waals surface area contributed by atoms with Crippen molar-refractivity contribution in [3.63, 3.8) is 0 Å². The number of anilines is 2. The monoisotopic (exact) mass is 672 g/mol. The van der Waals surface area contributed by atoms with E-state index in [1.54, 1.807) is 0 Å². The van der Waals surface area contributed by atoms with Gasteiger partial charge in [0.1, 0.15) is 29.7 Å². The highest BCUT2D eigenvalue weighted by atomic mass is 19.1. The maximum atomic E-state index is 16.0. The number of fused-ring (bicyclic) bond motifs is 2. The molecule has 0 bridgehead atoms. The molecule has 6 heterocycles. The maximum Gasteiger partial charge on any atom is 0.151 e. The van der Waals surface area contributed by atoms with Crippen LogP contribution >= 0.6 is 0 Å². The molecule has 5 aromatic rings. The molecule has 4 aliphatic heterocycles. The fourth-order valence-electron chi connectivity index (χ4n) is 8.59. The number of hydrogen-bond donors (Lipinski definition) is 4. The number of nitrogens with one attached hydrogen (secondary N) is 4. The number of rotatable bonds is 6. The van der Waals surface area contributed by atoms with E-state index in [4.69, 9.17) is 9.97 Å².